The van der Waals surface area contributed by atoms with Gasteiger partial charge in [-0.05, 0) is 69.9 Å². The van der Waals surface area contributed by atoms with E-state index in [4.69, 9.17) is 28.7 Å². The zero-order valence-electron chi connectivity index (χ0n) is 36.4. The molecule has 1 fully saturated rings. The van der Waals surface area contributed by atoms with Gasteiger partial charge in [0.05, 0.1) is 25.4 Å². The molecule has 1 saturated carbocycles. The van der Waals surface area contributed by atoms with E-state index in [-0.39, 0.29) is 50.7 Å². The summed E-state index contributed by atoms with van der Waals surface area (Å²) in [5, 5.41) is 20.7. The van der Waals surface area contributed by atoms with Crippen molar-refractivity contribution in [1.29, 1.82) is 0 Å². The number of hydrogen-bond donors (Lipinski definition) is 4. The first kappa shape index (κ1) is 52.5. The van der Waals surface area contributed by atoms with Crippen molar-refractivity contribution >= 4 is 25.5 Å². The van der Waals surface area contributed by atoms with Gasteiger partial charge in [0.2, 0.25) is 0 Å². The van der Waals surface area contributed by atoms with Crippen LogP contribution in [0.3, 0.4) is 0 Å². The zero-order chi connectivity index (χ0) is 43.5. The third-order valence-corrected chi connectivity index (χ3v) is 11.9. The number of hydrogen-bond acceptors (Lipinski definition) is 12. The van der Waals surface area contributed by atoms with Crippen LogP contribution < -0.4 is 5.73 Å². The van der Waals surface area contributed by atoms with Gasteiger partial charge in [-0.3, -0.25) is 23.4 Å². The molecule has 0 spiro atoms. The molecule has 13 nitrogen and oxygen atoms in total. The zero-order valence-corrected chi connectivity index (χ0v) is 37.3. The van der Waals surface area contributed by atoms with Gasteiger partial charge in [0.1, 0.15) is 23.9 Å². The first-order valence-electron chi connectivity index (χ1n) is 22.3. The number of esters is 2. The first-order chi connectivity index (χ1) is 28.3. The maximum absolute atomic E-state index is 12.7. The number of aryl methyl sites for hydroxylation is 2. The van der Waals surface area contributed by atoms with Crippen molar-refractivity contribution in [2.24, 2.45) is 17.6 Å². The van der Waals surface area contributed by atoms with Crippen LogP contribution in [-0.4, -0.2) is 77.5 Å². The number of phosphoric acid groups is 1. The lowest BCUT2D eigenvalue weighted by Crippen LogP contribution is -2.29. The Morgan fingerprint density at radius 1 is 0.864 bits per heavy atom. The summed E-state index contributed by atoms with van der Waals surface area (Å²) in [6.45, 7) is 7.53. The van der Waals surface area contributed by atoms with Crippen LogP contribution >= 0.6 is 7.82 Å². The van der Waals surface area contributed by atoms with Gasteiger partial charge in [0.25, 0.3) is 0 Å². The molecular formula is C45H76NO12P. The van der Waals surface area contributed by atoms with Crippen molar-refractivity contribution in [2.45, 2.75) is 181 Å². The molecule has 0 radical (unpaired) electrons. The second-order valence-electron chi connectivity index (χ2n) is 15.9. The average molecular weight is 854 g/mol. The number of allylic oxidation sites excluding steroid dienone is 3. The number of aliphatic hydroxyl groups is 2. The molecule has 1 aromatic heterocycles. The largest absolute Gasteiger partial charge is 0.472 e. The Morgan fingerprint density at radius 2 is 1.49 bits per heavy atom. The number of ketones is 1. The molecule has 1 aliphatic carbocycles. The van der Waals surface area contributed by atoms with Crippen LogP contribution in [0.15, 0.2) is 28.7 Å². The molecule has 2 rings (SSSR count). The van der Waals surface area contributed by atoms with Crippen molar-refractivity contribution in [1.82, 2.24) is 0 Å². The summed E-state index contributed by atoms with van der Waals surface area (Å²) in [5.41, 5.74) is 7.91. The number of carbonyl (C=O) groups is 3. The van der Waals surface area contributed by atoms with E-state index in [2.05, 4.69) is 27.7 Å². The Labute approximate surface area is 353 Å². The minimum Gasteiger partial charge on any atom is -0.466 e. The van der Waals surface area contributed by atoms with E-state index >= 15 is 0 Å². The van der Waals surface area contributed by atoms with Crippen LogP contribution in [0.4, 0.5) is 0 Å². The Hall–Kier alpha value is -2.64. The number of ether oxygens (including phenoxy) is 2. The van der Waals surface area contributed by atoms with Crippen LogP contribution in [0.2, 0.25) is 0 Å². The van der Waals surface area contributed by atoms with Crippen molar-refractivity contribution < 1.29 is 57.0 Å². The molecule has 0 aromatic carbocycles. The van der Waals surface area contributed by atoms with Gasteiger partial charge in [0, 0.05) is 50.5 Å². The maximum Gasteiger partial charge on any atom is 0.472 e. The lowest BCUT2D eigenvalue weighted by Gasteiger charge is -2.19. The van der Waals surface area contributed by atoms with Crippen molar-refractivity contribution in [3.8, 4) is 0 Å². The van der Waals surface area contributed by atoms with Gasteiger partial charge >= 0.3 is 19.8 Å². The second-order valence-corrected chi connectivity index (χ2v) is 17.4. The third kappa shape index (κ3) is 22.1. The fourth-order valence-electron chi connectivity index (χ4n) is 7.20. The Kier molecular flexibility index (Phi) is 27.0. The number of carbonyl (C=O) groups excluding carboxylic acids is 3. The number of nitrogens with two attached hydrogens (primary N) is 1. The van der Waals surface area contributed by atoms with Gasteiger partial charge in [0.15, 0.2) is 6.10 Å². The molecule has 1 heterocycles. The number of Topliss-reactive ketones (excluding diaryl/α,β-unsaturated/α-hetero) is 1. The summed E-state index contributed by atoms with van der Waals surface area (Å²) in [6.07, 6.45) is 21.3. The maximum atomic E-state index is 12.7. The van der Waals surface area contributed by atoms with Crippen molar-refractivity contribution in [3.63, 3.8) is 0 Å². The van der Waals surface area contributed by atoms with E-state index in [9.17, 15) is 34.1 Å². The molecule has 0 aliphatic heterocycles. The normalized spacial score (nSPS) is 19.1. The molecule has 1 aliphatic rings. The summed E-state index contributed by atoms with van der Waals surface area (Å²) in [5.74, 6) is 0.421. The van der Waals surface area contributed by atoms with Gasteiger partial charge in [-0.25, -0.2) is 4.57 Å². The lowest BCUT2D eigenvalue weighted by atomic mass is 9.90. The number of furan rings is 1. The highest BCUT2D eigenvalue weighted by Crippen LogP contribution is 2.43. The van der Waals surface area contributed by atoms with E-state index in [1.165, 1.54) is 24.0 Å². The van der Waals surface area contributed by atoms with Gasteiger partial charge in [-0.2, -0.15) is 0 Å². The van der Waals surface area contributed by atoms with E-state index in [0.717, 1.165) is 82.1 Å². The molecule has 0 saturated heterocycles. The van der Waals surface area contributed by atoms with Crippen LogP contribution in [0.25, 0.3) is 0 Å². The van der Waals surface area contributed by atoms with Gasteiger partial charge < -0.3 is 34.7 Å². The topological polar surface area (TPSA) is 205 Å². The molecular weight excluding hydrogens is 777 g/mol. The van der Waals surface area contributed by atoms with E-state index in [1.54, 1.807) is 12.2 Å². The predicted octanol–water partition coefficient (Wildman–Crippen LogP) is 8.63. The molecule has 14 heteroatoms. The SMILES string of the molecule is CCCCCc1oc(CCCCCCCCC(=O)O[C@H](COC(=O)CCC/C=C\C[C@H]2[C@@H](O)CC(=O)[C@@H]2/C=C/[C@@H](O)CCCCC)COP(=O)(O)OCCN)c(C)c1C. The fourth-order valence-corrected chi connectivity index (χ4v) is 7.97. The molecule has 338 valence electrons. The van der Waals surface area contributed by atoms with Crippen LogP contribution in [0.1, 0.15) is 158 Å². The molecule has 1 unspecified atom stereocenters. The fraction of sp³-hybridized carbons (Fsp3) is 0.756. The van der Waals surface area contributed by atoms with E-state index < -0.39 is 50.6 Å². The van der Waals surface area contributed by atoms with Crippen molar-refractivity contribution in [2.75, 3.05) is 26.4 Å². The lowest BCUT2D eigenvalue weighted by molar-refractivity contribution is -0.161. The molecule has 59 heavy (non-hydrogen) atoms. The molecule has 6 atom stereocenters. The highest BCUT2D eigenvalue weighted by molar-refractivity contribution is 7.47. The van der Waals surface area contributed by atoms with Crippen LogP contribution in [0.5, 0.6) is 0 Å². The molecule has 1 aromatic rings. The predicted molar refractivity (Wildman–Crippen MR) is 229 cm³/mol. The first-order valence-corrected chi connectivity index (χ1v) is 23.8. The Bertz CT molecular complexity index is 1460. The highest BCUT2D eigenvalue weighted by Gasteiger charge is 2.39. The summed E-state index contributed by atoms with van der Waals surface area (Å²) in [4.78, 5) is 47.7. The highest BCUT2D eigenvalue weighted by atomic mass is 31.2. The number of rotatable bonds is 34. The monoisotopic (exact) mass is 854 g/mol. The van der Waals surface area contributed by atoms with E-state index in [0.29, 0.717) is 32.1 Å². The summed E-state index contributed by atoms with van der Waals surface area (Å²) < 4.78 is 39.0. The molecule has 0 amide bonds. The van der Waals surface area contributed by atoms with E-state index in [1.807, 2.05) is 12.2 Å². The Morgan fingerprint density at radius 3 is 2.17 bits per heavy atom. The summed E-state index contributed by atoms with van der Waals surface area (Å²) in [7, 11) is -4.46. The number of unbranched alkanes of at least 4 members (excludes halogenated alkanes) is 10. The number of phosphoric ester groups is 1. The smallest absolute Gasteiger partial charge is 0.466 e. The standard InChI is InChI=1S/C45H76NO12P/c1-5-7-15-21-36(47)27-28-39-38(40(48)31-41(39)49)22-17-13-14-19-25-44(50)54-32-37(33-56-59(52,53)55-30-29-46)57-45(51)26-20-12-10-9-11-18-24-43-35(4)34(3)42(58-43)23-16-8-6-2/h13,17,27-28,36-40,47-48H,5-12,14-16,18-26,29-33,46H2,1-4H3,(H,52,53)/b17-13-,28-27+/t36-,37+,38+,39+,40-/m0/s1. The van der Waals surface area contributed by atoms with Crippen LogP contribution in [0, 0.1) is 25.7 Å². The quantitative estimate of drug-likeness (QED) is 0.0222. The minimum atomic E-state index is -4.46. The Balaban J connectivity index is 1.73. The third-order valence-electron chi connectivity index (χ3n) is 10.9. The number of aliphatic hydroxyl groups excluding tert-OH is 2. The minimum absolute atomic E-state index is 0.00679. The second kappa shape index (κ2) is 30.4. The summed E-state index contributed by atoms with van der Waals surface area (Å²) >= 11 is 0. The summed E-state index contributed by atoms with van der Waals surface area (Å²) in [6, 6.07) is 0. The van der Waals surface area contributed by atoms with Gasteiger partial charge in [-0.1, -0.05) is 95.9 Å². The van der Waals surface area contributed by atoms with Crippen molar-refractivity contribution in [3.05, 3.63) is 47.0 Å². The van der Waals surface area contributed by atoms with Crippen LogP contribution in [-0.2, 0) is 50.3 Å². The molecule has 5 N–H and O–H groups in total. The average Bonchev–Trinajstić information content (AvgIpc) is 3.63. The molecule has 0 bridgehead atoms. The van der Waals surface area contributed by atoms with Gasteiger partial charge in [-0.15, -0.1) is 0 Å².